The zero-order chi connectivity index (χ0) is 12.0. The number of alkyl halides is 1. The predicted octanol–water partition coefficient (Wildman–Crippen LogP) is 1.72. The normalized spacial score (nSPS) is 10.2. The third-order valence-corrected chi connectivity index (χ3v) is 2.68. The molecule has 1 N–H and O–H groups in total. The number of rotatable bonds is 5. The first kappa shape index (κ1) is 13.0. The quantitative estimate of drug-likeness (QED) is 0.795. The Labute approximate surface area is 101 Å². The van der Waals surface area contributed by atoms with Crippen molar-refractivity contribution in [3.63, 3.8) is 0 Å². The average molecular weight is 241 g/mol. The maximum Gasteiger partial charge on any atom is 0.253 e. The number of hydrogen-bond acceptors (Lipinski definition) is 2. The van der Waals surface area contributed by atoms with Crippen LogP contribution in [0.3, 0.4) is 0 Å². The smallest absolute Gasteiger partial charge is 0.253 e. The number of hydrogen-bond donors (Lipinski definition) is 1. The predicted molar refractivity (Wildman–Crippen MR) is 66.9 cm³/mol. The summed E-state index contributed by atoms with van der Waals surface area (Å²) in [6.07, 6.45) is 0. The van der Waals surface area contributed by atoms with E-state index in [0.29, 0.717) is 18.0 Å². The van der Waals surface area contributed by atoms with E-state index in [1.165, 1.54) is 0 Å². The maximum absolute atomic E-state index is 12.0. The highest BCUT2D eigenvalue weighted by atomic mass is 35.5. The summed E-state index contributed by atoms with van der Waals surface area (Å²) in [7, 11) is 3.67. The molecule has 0 heterocycles. The van der Waals surface area contributed by atoms with Gasteiger partial charge in [-0.3, -0.25) is 4.79 Å². The molecular formula is C12H17ClN2O. The van der Waals surface area contributed by atoms with Crippen molar-refractivity contribution in [2.75, 3.05) is 27.2 Å². The minimum Gasteiger partial charge on any atom is -0.340 e. The Morgan fingerprint density at radius 2 is 2.25 bits per heavy atom. The van der Waals surface area contributed by atoms with Crippen LogP contribution in [0, 0.1) is 0 Å². The fraction of sp³-hybridized carbons (Fsp3) is 0.417. The third kappa shape index (κ3) is 3.51. The van der Waals surface area contributed by atoms with Crippen molar-refractivity contribution in [2.45, 2.75) is 5.88 Å². The second-order valence-electron chi connectivity index (χ2n) is 3.66. The Kier molecular flexibility index (Phi) is 5.29. The van der Waals surface area contributed by atoms with Crippen LogP contribution in [0.2, 0.25) is 0 Å². The topological polar surface area (TPSA) is 32.3 Å². The van der Waals surface area contributed by atoms with Gasteiger partial charge in [0.2, 0.25) is 0 Å². The number of carbonyl (C=O) groups excluding carboxylic acids is 1. The first-order chi connectivity index (χ1) is 7.69. The lowest BCUT2D eigenvalue weighted by molar-refractivity contribution is 0.0797. The minimum atomic E-state index is 0.0298. The number of likely N-dealkylation sites (N-methyl/N-ethyl adjacent to an activating group) is 2. The molecule has 16 heavy (non-hydrogen) atoms. The largest absolute Gasteiger partial charge is 0.340 e. The summed E-state index contributed by atoms with van der Waals surface area (Å²) in [4.78, 5) is 13.7. The molecular weight excluding hydrogens is 224 g/mol. The molecule has 1 rings (SSSR count). The molecule has 0 aromatic heterocycles. The van der Waals surface area contributed by atoms with Gasteiger partial charge < -0.3 is 10.2 Å². The van der Waals surface area contributed by atoms with Gasteiger partial charge in [0.25, 0.3) is 5.91 Å². The van der Waals surface area contributed by atoms with Gasteiger partial charge in [-0.1, -0.05) is 12.1 Å². The summed E-state index contributed by atoms with van der Waals surface area (Å²) >= 11 is 5.73. The van der Waals surface area contributed by atoms with Crippen LogP contribution in [0.5, 0.6) is 0 Å². The van der Waals surface area contributed by atoms with Crippen LogP contribution in [0.1, 0.15) is 15.9 Å². The van der Waals surface area contributed by atoms with E-state index in [0.717, 1.165) is 12.1 Å². The lowest BCUT2D eigenvalue weighted by Gasteiger charge is -2.17. The highest BCUT2D eigenvalue weighted by Gasteiger charge is 2.10. The molecule has 0 fully saturated rings. The van der Waals surface area contributed by atoms with Crippen molar-refractivity contribution in [3.8, 4) is 0 Å². The standard InChI is InChI=1S/C12H17ClN2O/c1-14-6-7-15(2)12(16)11-5-3-4-10(8-11)9-13/h3-5,8,14H,6-7,9H2,1-2H3. The van der Waals surface area contributed by atoms with Crippen LogP contribution in [0.15, 0.2) is 24.3 Å². The van der Waals surface area contributed by atoms with E-state index in [1.54, 1.807) is 11.9 Å². The van der Waals surface area contributed by atoms with Crippen molar-refractivity contribution < 1.29 is 4.79 Å². The van der Waals surface area contributed by atoms with Gasteiger partial charge in [-0.15, -0.1) is 11.6 Å². The molecule has 0 unspecified atom stereocenters. The van der Waals surface area contributed by atoms with Crippen LogP contribution in [0.4, 0.5) is 0 Å². The van der Waals surface area contributed by atoms with Crippen molar-refractivity contribution in [1.29, 1.82) is 0 Å². The molecule has 0 aliphatic carbocycles. The molecule has 1 aromatic carbocycles. The Balaban J connectivity index is 2.71. The van der Waals surface area contributed by atoms with Gasteiger partial charge in [0.05, 0.1) is 0 Å². The maximum atomic E-state index is 12.0. The molecule has 1 aromatic rings. The fourth-order valence-electron chi connectivity index (χ4n) is 1.39. The second-order valence-corrected chi connectivity index (χ2v) is 3.93. The van der Waals surface area contributed by atoms with Gasteiger partial charge in [-0.25, -0.2) is 0 Å². The van der Waals surface area contributed by atoms with Crippen LogP contribution < -0.4 is 5.32 Å². The van der Waals surface area contributed by atoms with E-state index >= 15 is 0 Å². The summed E-state index contributed by atoms with van der Waals surface area (Å²) in [6.45, 7) is 1.48. The Morgan fingerprint density at radius 1 is 1.50 bits per heavy atom. The van der Waals surface area contributed by atoms with E-state index < -0.39 is 0 Å². The number of amides is 1. The van der Waals surface area contributed by atoms with Crippen molar-refractivity contribution >= 4 is 17.5 Å². The molecule has 0 saturated heterocycles. The van der Waals surface area contributed by atoms with E-state index in [9.17, 15) is 4.79 Å². The van der Waals surface area contributed by atoms with Crippen molar-refractivity contribution in [3.05, 3.63) is 35.4 Å². The van der Waals surface area contributed by atoms with Gasteiger partial charge in [-0.05, 0) is 24.7 Å². The summed E-state index contributed by atoms with van der Waals surface area (Å²) in [5.74, 6) is 0.462. The average Bonchev–Trinajstić information content (AvgIpc) is 2.35. The summed E-state index contributed by atoms with van der Waals surface area (Å²) in [5, 5.41) is 3.01. The van der Waals surface area contributed by atoms with E-state index in [-0.39, 0.29) is 5.91 Å². The number of carbonyl (C=O) groups is 1. The molecule has 0 atom stereocenters. The molecule has 0 aliphatic heterocycles. The van der Waals surface area contributed by atoms with Crippen LogP contribution >= 0.6 is 11.6 Å². The summed E-state index contributed by atoms with van der Waals surface area (Å²) in [5.41, 5.74) is 1.66. The van der Waals surface area contributed by atoms with Gasteiger partial charge in [0.1, 0.15) is 0 Å². The minimum absolute atomic E-state index is 0.0298. The highest BCUT2D eigenvalue weighted by Crippen LogP contribution is 2.09. The molecule has 88 valence electrons. The zero-order valence-corrected chi connectivity index (χ0v) is 10.4. The molecule has 0 radical (unpaired) electrons. The molecule has 1 amide bonds. The molecule has 0 bridgehead atoms. The number of nitrogens with one attached hydrogen (secondary N) is 1. The molecule has 0 spiro atoms. The lowest BCUT2D eigenvalue weighted by atomic mass is 10.1. The van der Waals surface area contributed by atoms with Crippen molar-refractivity contribution in [1.82, 2.24) is 10.2 Å². The lowest BCUT2D eigenvalue weighted by Crippen LogP contribution is -2.32. The van der Waals surface area contributed by atoms with Gasteiger partial charge in [0.15, 0.2) is 0 Å². The van der Waals surface area contributed by atoms with E-state index in [1.807, 2.05) is 31.3 Å². The van der Waals surface area contributed by atoms with Gasteiger partial charge in [-0.2, -0.15) is 0 Å². The van der Waals surface area contributed by atoms with Gasteiger partial charge >= 0.3 is 0 Å². The zero-order valence-electron chi connectivity index (χ0n) is 9.66. The second kappa shape index (κ2) is 6.51. The summed E-state index contributed by atoms with van der Waals surface area (Å²) < 4.78 is 0. The first-order valence-corrected chi connectivity index (χ1v) is 5.77. The molecule has 0 saturated carbocycles. The van der Waals surface area contributed by atoms with E-state index in [2.05, 4.69) is 5.32 Å². The summed E-state index contributed by atoms with van der Waals surface area (Å²) in [6, 6.07) is 7.42. The number of halogens is 1. The monoisotopic (exact) mass is 240 g/mol. The Bertz CT molecular complexity index is 355. The van der Waals surface area contributed by atoms with Crippen LogP contribution in [0.25, 0.3) is 0 Å². The highest BCUT2D eigenvalue weighted by molar-refractivity contribution is 6.17. The van der Waals surface area contributed by atoms with Gasteiger partial charge in [0, 0.05) is 31.6 Å². The Morgan fingerprint density at radius 3 is 2.88 bits per heavy atom. The van der Waals surface area contributed by atoms with Crippen LogP contribution in [-0.2, 0) is 5.88 Å². The van der Waals surface area contributed by atoms with E-state index in [4.69, 9.17) is 11.6 Å². The number of benzene rings is 1. The number of nitrogens with zero attached hydrogens (tertiary/aromatic N) is 1. The molecule has 4 heteroatoms. The molecule has 3 nitrogen and oxygen atoms in total. The Hall–Kier alpha value is -1.06. The first-order valence-electron chi connectivity index (χ1n) is 5.24. The van der Waals surface area contributed by atoms with Crippen molar-refractivity contribution in [2.24, 2.45) is 0 Å². The molecule has 0 aliphatic rings. The van der Waals surface area contributed by atoms with Crippen LogP contribution in [-0.4, -0.2) is 38.0 Å². The third-order valence-electron chi connectivity index (χ3n) is 2.37. The SMILES string of the molecule is CNCCN(C)C(=O)c1cccc(CCl)c1. The fourth-order valence-corrected chi connectivity index (χ4v) is 1.56.